The van der Waals surface area contributed by atoms with E-state index in [2.05, 4.69) is 27.9 Å². The van der Waals surface area contributed by atoms with E-state index >= 15 is 0 Å². The summed E-state index contributed by atoms with van der Waals surface area (Å²) in [4.78, 5) is 0. The predicted octanol–water partition coefficient (Wildman–Crippen LogP) is 3.66. The number of likely N-dealkylation sites (tertiary alicyclic amines) is 2. The molecule has 0 aromatic heterocycles. The van der Waals surface area contributed by atoms with E-state index in [1.165, 1.54) is 93.2 Å². The summed E-state index contributed by atoms with van der Waals surface area (Å²) in [5.74, 6) is 0. The molecule has 2 saturated heterocycles. The SMILES string of the molecule is CCC[N+]1(C)CCCC1.CCC[N+]1(C)CCCCC1. The Morgan fingerprint density at radius 1 is 0.579 bits per heavy atom. The molecule has 114 valence electrons. The second-order valence-corrected chi connectivity index (χ2v) is 7.35. The number of nitrogens with zero attached hydrogens (tertiary/aromatic N) is 2. The van der Waals surface area contributed by atoms with E-state index in [4.69, 9.17) is 0 Å². The van der Waals surface area contributed by atoms with Crippen LogP contribution in [-0.4, -0.2) is 62.3 Å². The van der Waals surface area contributed by atoms with Crippen molar-refractivity contribution in [2.45, 2.75) is 58.8 Å². The zero-order valence-electron chi connectivity index (χ0n) is 14.1. The second kappa shape index (κ2) is 8.26. The molecule has 0 radical (unpaired) electrons. The zero-order chi connectivity index (χ0) is 14.2. The van der Waals surface area contributed by atoms with Crippen LogP contribution in [0.1, 0.15) is 58.8 Å². The summed E-state index contributed by atoms with van der Waals surface area (Å²) in [6.07, 6.45) is 9.98. The lowest BCUT2D eigenvalue weighted by atomic mass is 10.1. The molecule has 0 saturated carbocycles. The quantitative estimate of drug-likeness (QED) is 0.684. The van der Waals surface area contributed by atoms with Crippen molar-refractivity contribution in [3.63, 3.8) is 0 Å². The highest BCUT2D eigenvalue weighted by Gasteiger charge is 2.25. The van der Waals surface area contributed by atoms with Crippen LogP contribution in [0.4, 0.5) is 0 Å². The van der Waals surface area contributed by atoms with E-state index < -0.39 is 0 Å². The van der Waals surface area contributed by atoms with E-state index in [1.807, 2.05) is 0 Å². The maximum atomic E-state index is 2.41. The monoisotopic (exact) mass is 270 g/mol. The second-order valence-electron chi connectivity index (χ2n) is 7.35. The molecule has 0 amide bonds. The number of piperidine rings is 1. The molecule has 0 bridgehead atoms. The van der Waals surface area contributed by atoms with Crippen molar-refractivity contribution in [1.82, 2.24) is 0 Å². The van der Waals surface area contributed by atoms with Gasteiger partial charge in [0.15, 0.2) is 0 Å². The van der Waals surface area contributed by atoms with Gasteiger partial charge >= 0.3 is 0 Å². The van der Waals surface area contributed by atoms with Gasteiger partial charge in [0, 0.05) is 12.8 Å². The molecular formula is C17H38N2+2. The van der Waals surface area contributed by atoms with E-state index in [-0.39, 0.29) is 0 Å². The maximum absolute atomic E-state index is 2.41. The van der Waals surface area contributed by atoms with Gasteiger partial charge in [0.25, 0.3) is 0 Å². The van der Waals surface area contributed by atoms with Crippen molar-refractivity contribution in [3.05, 3.63) is 0 Å². The van der Waals surface area contributed by atoms with Crippen molar-refractivity contribution >= 4 is 0 Å². The van der Waals surface area contributed by atoms with Gasteiger partial charge in [-0.15, -0.1) is 0 Å². The smallest absolute Gasteiger partial charge is 0.0786 e. The summed E-state index contributed by atoms with van der Waals surface area (Å²) in [7, 11) is 4.79. The Morgan fingerprint density at radius 3 is 1.21 bits per heavy atom. The molecular weight excluding hydrogens is 232 g/mol. The number of quaternary nitrogens is 2. The number of hydrogen-bond donors (Lipinski definition) is 0. The third-order valence-corrected chi connectivity index (χ3v) is 5.07. The highest BCUT2D eigenvalue weighted by Crippen LogP contribution is 2.16. The van der Waals surface area contributed by atoms with Gasteiger partial charge < -0.3 is 8.97 Å². The van der Waals surface area contributed by atoms with Gasteiger partial charge in [-0.25, -0.2) is 0 Å². The van der Waals surface area contributed by atoms with E-state index in [9.17, 15) is 0 Å². The third-order valence-electron chi connectivity index (χ3n) is 5.07. The van der Waals surface area contributed by atoms with Gasteiger partial charge in [0.05, 0.1) is 53.4 Å². The largest absolute Gasteiger partial charge is 0.326 e. The molecule has 19 heavy (non-hydrogen) atoms. The van der Waals surface area contributed by atoms with Crippen LogP contribution < -0.4 is 0 Å². The molecule has 2 heterocycles. The fourth-order valence-electron chi connectivity index (χ4n) is 3.90. The van der Waals surface area contributed by atoms with Crippen molar-refractivity contribution < 1.29 is 8.97 Å². The Kier molecular flexibility index (Phi) is 7.38. The van der Waals surface area contributed by atoms with Gasteiger partial charge in [-0.3, -0.25) is 0 Å². The van der Waals surface area contributed by atoms with E-state index in [0.717, 1.165) is 0 Å². The van der Waals surface area contributed by atoms with E-state index in [0.29, 0.717) is 0 Å². The lowest BCUT2D eigenvalue weighted by molar-refractivity contribution is -0.914. The minimum Gasteiger partial charge on any atom is -0.326 e. The molecule has 0 N–H and O–H groups in total. The van der Waals surface area contributed by atoms with Crippen molar-refractivity contribution in [2.75, 3.05) is 53.4 Å². The zero-order valence-corrected chi connectivity index (χ0v) is 14.1. The van der Waals surface area contributed by atoms with Crippen LogP contribution in [0.2, 0.25) is 0 Å². The molecule has 2 fully saturated rings. The number of hydrogen-bond acceptors (Lipinski definition) is 0. The lowest BCUT2D eigenvalue weighted by Gasteiger charge is -2.37. The first kappa shape index (κ1) is 17.0. The number of rotatable bonds is 4. The fraction of sp³-hybridized carbons (Fsp3) is 1.00. The predicted molar refractivity (Wildman–Crippen MR) is 85.2 cm³/mol. The van der Waals surface area contributed by atoms with Crippen molar-refractivity contribution in [3.8, 4) is 0 Å². The molecule has 2 aliphatic heterocycles. The van der Waals surface area contributed by atoms with Crippen LogP contribution in [-0.2, 0) is 0 Å². The topological polar surface area (TPSA) is 0 Å². The van der Waals surface area contributed by atoms with E-state index in [1.54, 1.807) is 0 Å². The highest BCUT2D eigenvalue weighted by molar-refractivity contribution is 4.51. The summed E-state index contributed by atoms with van der Waals surface area (Å²) in [5.41, 5.74) is 0. The summed E-state index contributed by atoms with van der Waals surface area (Å²) in [6, 6.07) is 0. The Labute approximate surface area is 122 Å². The van der Waals surface area contributed by atoms with Gasteiger partial charge in [0.2, 0.25) is 0 Å². The molecule has 2 nitrogen and oxygen atoms in total. The van der Waals surface area contributed by atoms with Gasteiger partial charge in [-0.05, 0) is 32.1 Å². The van der Waals surface area contributed by atoms with Crippen LogP contribution in [0.15, 0.2) is 0 Å². The van der Waals surface area contributed by atoms with Crippen LogP contribution in [0, 0.1) is 0 Å². The molecule has 2 heteroatoms. The van der Waals surface area contributed by atoms with Crippen LogP contribution in [0.25, 0.3) is 0 Å². The Bertz CT molecular complexity index is 220. The molecule has 0 unspecified atom stereocenters. The summed E-state index contributed by atoms with van der Waals surface area (Å²) in [5, 5.41) is 0. The molecule has 2 aliphatic rings. The third kappa shape index (κ3) is 6.27. The Hall–Kier alpha value is -0.0800. The minimum absolute atomic E-state index is 1.34. The molecule has 0 aromatic rings. The average Bonchev–Trinajstić information content (AvgIpc) is 2.78. The van der Waals surface area contributed by atoms with Crippen LogP contribution in [0.5, 0.6) is 0 Å². The molecule has 0 atom stereocenters. The normalized spacial score (nSPS) is 24.6. The van der Waals surface area contributed by atoms with Gasteiger partial charge in [-0.1, -0.05) is 13.8 Å². The van der Waals surface area contributed by atoms with Crippen LogP contribution >= 0.6 is 0 Å². The van der Waals surface area contributed by atoms with Crippen LogP contribution in [0.3, 0.4) is 0 Å². The molecule has 0 spiro atoms. The molecule has 2 rings (SSSR count). The maximum Gasteiger partial charge on any atom is 0.0786 e. The molecule has 0 aromatic carbocycles. The summed E-state index contributed by atoms with van der Waals surface area (Å²) < 4.78 is 2.69. The van der Waals surface area contributed by atoms with Crippen molar-refractivity contribution in [1.29, 1.82) is 0 Å². The minimum atomic E-state index is 1.34. The Balaban J connectivity index is 0.000000191. The van der Waals surface area contributed by atoms with Gasteiger partial charge in [0.1, 0.15) is 0 Å². The first-order chi connectivity index (χ1) is 9.04. The summed E-state index contributed by atoms with van der Waals surface area (Å²) in [6.45, 7) is 13.0. The first-order valence-electron chi connectivity index (χ1n) is 8.71. The van der Waals surface area contributed by atoms with Crippen molar-refractivity contribution in [2.24, 2.45) is 0 Å². The highest BCUT2D eigenvalue weighted by atomic mass is 15.3. The summed E-state index contributed by atoms with van der Waals surface area (Å²) >= 11 is 0. The standard InChI is InChI=1S/C9H20N.C8H18N/c1-3-7-10(2)8-5-4-6-9-10;1-3-6-9(2)7-4-5-8-9/h3-9H2,1-2H3;3-8H2,1-2H3/q2*+1. The first-order valence-corrected chi connectivity index (χ1v) is 8.71. The lowest BCUT2D eigenvalue weighted by Crippen LogP contribution is -2.48. The average molecular weight is 271 g/mol. The molecule has 0 aliphatic carbocycles. The Morgan fingerprint density at radius 2 is 0.895 bits per heavy atom. The van der Waals surface area contributed by atoms with Gasteiger partial charge in [-0.2, -0.15) is 0 Å². The fourth-order valence-corrected chi connectivity index (χ4v) is 3.90.